The first-order chi connectivity index (χ1) is 15.4. The summed E-state index contributed by atoms with van der Waals surface area (Å²) in [7, 11) is 2.95. The molecule has 0 heterocycles. The molecule has 0 fully saturated rings. The molecule has 0 saturated heterocycles. The summed E-state index contributed by atoms with van der Waals surface area (Å²) < 4.78 is 17.3. The molecule has 2 N–H and O–H groups in total. The molecule has 3 aromatic rings. The molecule has 3 aromatic carbocycles. The number of benzene rings is 3. The fraction of sp³-hybridized carbons (Fsp3) is 0.167. The number of anilines is 2. The van der Waals surface area contributed by atoms with Crippen LogP contribution in [-0.4, -0.2) is 32.6 Å². The van der Waals surface area contributed by atoms with Crippen molar-refractivity contribution in [3.63, 3.8) is 0 Å². The van der Waals surface area contributed by atoms with E-state index in [1.165, 1.54) is 14.2 Å². The molecule has 0 aliphatic heterocycles. The Morgan fingerprint density at radius 3 is 2.09 bits per heavy atom. The van der Waals surface area contributed by atoms with Gasteiger partial charge < -0.3 is 24.8 Å². The van der Waals surface area contributed by atoms with E-state index in [0.717, 1.165) is 10.0 Å². The second-order valence-corrected chi connectivity index (χ2v) is 7.68. The van der Waals surface area contributed by atoms with E-state index in [0.29, 0.717) is 34.2 Å². The predicted molar refractivity (Wildman–Crippen MR) is 127 cm³/mol. The normalized spacial score (nSPS) is 10.2. The molecule has 0 radical (unpaired) electrons. The summed E-state index contributed by atoms with van der Waals surface area (Å²) in [6, 6.07) is 17.5. The zero-order valence-corrected chi connectivity index (χ0v) is 19.5. The van der Waals surface area contributed by atoms with Gasteiger partial charge in [0.15, 0.2) is 6.61 Å². The van der Waals surface area contributed by atoms with Gasteiger partial charge in [0, 0.05) is 22.2 Å². The van der Waals surface area contributed by atoms with Gasteiger partial charge in [-0.3, -0.25) is 9.59 Å². The standard InChI is InChI=1S/C24H23BrN2O5/c1-15-11-17(9-10-18(15)25)32-14-23(28)26-19-12-22(31-3)20(13-21(19)30-2)27-24(29)16-7-5-4-6-8-16/h4-13H,14H2,1-3H3,(H,26,28)(H,27,29). The van der Waals surface area contributed by atoms with E-state index in [4.69, 9.17) is 14.2 Å². The lowest BCUT2D eigenvalue weighted by atomic mass is 10.2. The van der Waals surface area contributed by atoms with Crippen LogP contribution in [0.25, 0.3) is 0 Å². The highest BCUT2D eigenvalue weighted by molar-refractivity contribution is 9.10. The number of amides is 2. The zero-order chi connectivity index (χ0) is 23.1. The van der Waals surface area contributed by atoms with Crippen molar-refractivity contribution in [3.8, 4) is 17.2 Å². The maximum atomic E-state index is 12.5. The molecule has 166 valence electrons. The SMILES string of the molecule is COc1cc(NC(=O)c2ccccc2)c(OC)cc1NC(=O)COc1ccc(Br)c(C)c1. The fourth-order valence-electron chi connectivity index (χ4n) is 2.92. The predicted octanol–water partition coefficient (Wildman–Crippen LogP) is 5.04. The molecule has 8 heteroatoms. The van der Waals surface area contributed by atoms with Crippen molar-refractivity contribution in [2.24, 2.45) is 0 Å². The first-order valence-corrected chi connectivity index (χ1v) is 10.5. The number of carbonyl (C=O) groups is 2. The molecule has 7 nitrogen and oxygen atoms in total. The van der Waals surface area contributed by atoms with Crippen LogP contribution in [0.15, 0.2) is 65.1 Å². The lowest BCUT2D eigenvalue weighted by Gasteiger charge is -2.16. The van der Waals surface area contributed by atoms with Gasteiger partial charge in [-0.05, 0) is 42.8 Å². The van der Waals surface area contributed by atoms with Crippen molar-refractivity contribution >= 4 is 39.1 Å². The summed E-state index contributed by atoms with van der Waals surface area (Å²) in [5.41, 5.74) is 2.31. The van der Waals surface area contributed by atoms with Gasteiger partial charge in [0.05, 0.1) is 25.6 Å². The van der Waals surface area contributed by atoms with Gasteiger partial charge >= 0.3 is 0 Å². The van der Waals surface area contributed by atoms with Crippen LogP contribution < -0.4 is 24.8 Å². The Labute approximate surface area is 194 Å². The average molecular weight is 499 g/mol. The smallest absolute Gasteiger partial charge is 0.262 e. The fourth-order valence-corrected chi connectivity index (χ4v) is 3.17. The van der Waals surface area contributed by atoms with Crippen LogP contribution in [0.5, 0.6) is 17.2 Å². The summed E-state index contributed by atoms with van der Waals surface area (Å²) in [4.78, 5) is 25.0. The first kappa shape index (κ1) is 23.1. The Hall–Kier alpha value is -3.52. The minimum atomic E-state index is -0.369. The first-order valence-electron chi connectivity index (χ1n) is 9.72. The van der Waals surface area contributed by atoms with Crippen LogP contribution >= 0.6 is 15.9 Å². The minimum Gasteiger partial charge on any atom is -0.494 e. The number of ether oxygens (including phenoxy) is 3. The number of hydrogen-bond donors (Lipinski definition) is 2. The quantitative estimate of drug-likeness (QED) is 0.454. The number of carbonyl (C=O) groups excluding carboxylic acids is 2. The molecule has 0 bridgehead atoms. The molecule has 0 aromatic heterocycles. The van der Waals surface area contributed by atoms with Gasteiger partial charge in [0.25, 0.3) is 11.8 Å². The average Bonchev–Trinajstić information content (AvgIpc) is 2.81. The molecule has 0 aliphatic rings. The second kappa shape index (κ2) is 10.7. The number of halogens is 1. The zero-order valence-electron chi connectivity index (χ0n) is 17.9. The van der Waals surface area contributed by atoms with E-state index >= 15 is 0 Å². The van der Waals surface area contributed by atoms with E-state index in [9.17, 15) is 9.59 Å². The van der Waals surface area contributed by atoms with Crippen molar-refractivity contribution in [3.05, 3.63) is 76.3 Å². The number of nitrogens with one attached hydrogen (secondary N) is 2. The highest BCUT2D eigenvalue weighted by Gasteiger charge is 2.16. The van der Waals surface area contributed by atoms with Crippen LogP contribution in [-0.2, 0) is 4.79 Å². The molecule has 0 saturated carbocycles. The molecule has 2 amide bonds. The summed E-state index contributed by atoms with van der Waals surface area (Å²) in [5, 5.41) is 5.56. The Morgan fingerprint density at radius 2 is 1.50 bits per heavy atom. The highest BCUT2D eigenvalue weighted by atomic mass is 79.9. The van der Waals surface area contributed by atoms with Gasteiger partial charge in [-0.2, -0.15) is 0 Å². The van der Waals surface area contributed by atoms with Crippen LogP contribution in [0.2, 0.25) is 0 Å². The number of rotatable bonds is 8. The van der Waals surface area contributed by atoms with E-state index < -0.39 is 0 Å². The molecule has 0 atom stereocenters. The third-order valence-corrected chi connectivity index (χ3v) is 5.47. The van der Waals surface area contributed by atoms with E-state index in [1.807, 2.05) is 25.1 Å². The van der Waals surface area contributed by atoms with Crippen LogP contribution in [0, 0.1) is 6.92 Å². The van der Waals surface area contributed by atoms with Crippen LogP contribution in [0.1, 0.15) is 15.9 Å². The summed E-state index contributed by atoms with van der Waals surface area (Å²) in [6.45, 7) is 1.76. The summed E-state index contributed by atoms with van der Waals surface area (Å²) in [5.74, 6) is 0.661. The van der Waals surface area contributed by atoms with Gasteiger partial charge in [-0.1, -0.05) is 34.1 Å². The number of methoxy groups -OCH3 is 2. The molecule has 0 unspecified atom stereocenters. The Balaban J connectivity index is 1.72. The third-order valence-electron chi connectivity index (χ3n) is 4.58. The maximum Gasteiger partial charge on any atom is 0.262 e. The molecular weight excluding hydrogens is 476 g/mol. The summed E-state index contributed by atoms with van der Waals surface area (Å²) in [6.07, 6.45) is 0. The van der Waals surface area contributed by atoms with Gasteiger partial charge in [-0.25, -0.2) is 0 Å². The monoisotopic (exact) mass is 498 g/mol. The van der Waals surface area contributed by atoms with Crippen molar-refractivity contribution in [2.45, 2.75) is 6.92 Å². The van der Waals surface area contributed by atoms with Crippen molar-refractivity contribution in [2.75, 3.05) is 31.5 Å². The largest absolute Gasteiger partial charge is 0.494 e. The highest BCUT2D eigenvalue weighted by Crippen LogP contribution is 2.36. The second-order valence-electron chi connectivity index (χ2n) is 6.82. The van der Waals surface area contributed by atoms with Gasteiger partial charge in [0.1, 0.15) is 17.2 Å². The molecular formula is C24H23BrN2O5. The lowest BCUT2D eigenvalue weighted by molar-refractivity contribution is -0.118. The van der Waals surface area contributed by atoms with Crippen molar-refractivity contribution in [1.29, 1.82) is 0 Å². The minimum absolute atomic E-state index is 0.182. The molecule has 32 heavy (non-hydrogen) atoms. The molecule has 3 rings (SSSR count). The van der Waals surface area contributed by atoms with Crippen LogP contribution in [0.4, 0.5) is 11.4 Å². The maximum absolute atomic E-state index is 12.5. The van der Waals surface area contributed by atoms with E-state index in [-0.39, 0.29) is 18.4 Å². The van der Waals surface area contributed by atoms with Crippen molar-refractivity contribution in [1.82, 2.24) is 0 Å². The Morgan fingerprint density at radius 1 is 0.875 bits per heavy atom. The Bertz CT molecular complexity index is 1120. The molecule has 0 aliphatic carbocycles. The third kappa shape index (κ3) is 5.79. The van der Waals surface area contributed by atoms with E-state index in [1.54, 1.807) is 42.5 Å². The van der Waals surface area contributed by atoms with Crippen LogP contribution in [0.3, 0.4) is 0 Å². The van der Waals surface area contributed by atoms with Gasteiger partial charge in [-0.15, -0.1) is 0 Å². The number of hydrogen-bond acceptors (Lipinski definition) is 5. The van der Waals surface area contributed by atoms with E-state index in [2.05, 4.69) is 26.6 Å². The number of aryl methyl sites for hydroxylation is 1. The van der Waals surface area contributed by atoms with Crippen molar-refractivity contribution < 1.29 is 23.8 Å². The molecule has 0 spiro atoms. The Kier molecular flexibility index (Phi) is 7.72. The summed E-state index contributed by atoms with van der Waals surface area (Å²) >= 11 is 3.43. The lowest BCUT2D eigenvalue weighted by Crippen LogP contribution is -2.21. The van der Waals surface area contributed by atoms with Gasteiger partial charge in [0.2, 0.25) is 0 Å². The topological polar surface area (TPSA) is 85.9 Å².